The molecule has 0 aromatic heterocycles. The summed E-state index contributed by atoms with van der Waals surface area (Å²) in [6.07, 6.45) is 0.211. The highest BCUT2D eigenvalue weighted by Gasteiger charge is 2.20. The number of hydrogen-bond acceptors (Lipinski definition) is 2. The predicted molar refractivity (Wildman–Crippen MR) is 77.3 cm³/mol. The fourth-order valence-electron chi connectivity index (χ4n) is 1.82. The molecule has 2 nitrogen and oxygen atoms in total. The molecule has 19 heavy (non-hydrogen) atoms. The van der Waals surface area contributed by atoms with Gasteiger partial charge in [-0.25, -0.2) is 0 Å². The zero-order chi connectivity index (χ0) is 13.7. The van der Waals surface area contributed by atoms with Crippen molar-refractivity contribution >= 4 is 22.4 Å². The van der Waals surface area contributed by atoms with Crippen molar-refractivity contribution in [3.05, 3.63) is 65.2 Å². The third kappa shape index (κ3) is 3.44. The Hall–Kier alpha value is -1.63. The first-order valence-electron chi connectivity index (χ1n) is 5.80. The van der Waals surface area contributed by atoms with Crippen LogP contribution in [0.4, 0.5) is 0 Å². The van der Waals surface area contributed by atoms with Crippen molar-refractivity contribution in [2.75, 3.05) is 0 Å². The number of hydrogen-bond donors (Lipinski definition) is 0. The summed E-state index contributed by atoms with van der Waals surface area (Å²) in [6.45, 7) is 0. The van der Waals surface area contributed by atoms with Gasteiger partial charge in [-0.1, -0.05) is 48.0 Å². The van der Waals surface area contributed by atoms with Crippen LogP contribution >= 0.6 is 11.6 Å². The summed E-state index contributed by atoms with van der Waals surface area (Å²) in [4.78, 5) is 0.650. The van der Waals surface area contributed by atoms with Crippen molar-refractivity contribution in [3.63, 3.8) is 0 Å². The fraction of sp³-hybridized carbons (Fsp3) is 0.133. The highest BCUT2D eigenvalue weighted by molar-refractivity contribution is 7.85. The van der Waals surface area contributed by atoms with Gasteiger partial charge in [-0.05, 0) is 23.8 Å². The molecule has 0 aliphatic carbocycles. The van der Waals surface area contributed by atoms with Gasteiger partial charge in [-0.2, -0.15) is 5.26 Å². The van der Waals surface area contributed by atoms with Crippen LogP contribution in [-0.4, -0.2) is 4.21 Å². The molecule has 0 N–H and O–H groups in total. The van der Waals surface area contributed by atoms with E-state index in [1.165, 1.54) is 0 Å². The van der Waals surface area contributed by atoms with Crippen LogP contribution in [0.15, 0.2) is 59.5 Å². The standard InChI is InChI=1S/C15H12ClNOS/c16-13-7-4-8-14(11-13)19(18)15(9-10-17)12-5-2-1-3-6-12/h1-8,11,15H,9H2. The van der Waals surface area contributed by atoms with Crippen molar-refractivity contribution in [2.24, 2.45) is 0 Å². The second-order valence-electron chi connectivity index (χ2n) is 4.02. The van der Waals surface area contributed by atoms with Gasteiger partial charge < -0.3 is 0 Å². The zero-order valence-corrected chi connectivity index (χ0v) is 11.7. The largest absolute Gasteiger partial charge is 0.254 e. The van der Waals surface area contributed by atoms with Crippen LogP contribution in [0.25, 0.3) is 0 Å². The van der Waals surface area contributed by atoms with Gasteiger partial charge in [0.2, 0.25) is 0 Å². The lowest BCUT2D eigenvalue weighted by atomic mass is 10.1. The smallest absolute Gasteiger partial charge is 0.0773 e. The summed E-state index contributed by atoms with van der Waals surface area (Å²) in [5.41, 5.74) is 0.905. The van der Waals surface area contributed by atoms with Crippen molar-refractivity contribution in [1.29, 1.82) is 5.26 Å². The Labute approximate surface area is 120 Å². The van der Waals surface area contributed by atoms with Crippen molar-refractivity contribution in [3.8, 4) is 6.07 Å². The second kappa shape index (κ2) is 6.51. The SMILES string of the molecule is N#CCC(c1ccccc1)S(=O)c1cccc(Cl)c1. The maximum atomic E-state index is 12.6. The van der Waals surface area contributed by atoms with Crippen molar-refractivity contribution in [1.82, 2.24) is 0 Å². The van der Waals surface area contributed by atoms with Crippen LogP contribution in [-0.2, 0) is 10.8 Å². The Morgan fingerprint density at radius 1 is 1.16 bits per heavy atom. The number of nitriles is 1. The molecular formula is C15H12ClNOS. The molecule has 0 bridgehead atoms. The van der Waals surface area contributed by atoms with Crippen LogP contribution in [0.3, 0.4) is 0 Å². The third-order valence-electron chi connectivity index (χ3n) is 2.73. The molecule has 2 atom stereocenters. The van der Waals surface area contributed by atoms with Crippen LogP contribution in [0, 0.1) is 11.3 Å². The molecule has 2 unspecified atom stereocenters. The zero-order valence-electron chi connectivity index (χ0n) is 10.1. The Bertz CT molecular complexity index is 622. The summed E-state index contributed by atoms with van der Waals surface area (Å²) < 4.78 is 12.6. The van der Waals surface area contributed by atoms with E-state index >= 15 is 0 Å². The molecule has 2 aromatic carbocycles. The van der Waals surface area contributed by atoms with Gasteiger partial charge in [0.05, 0.1) is 28.5 Å². The fourth-order valence-corrected chi connectivity index (χ4v) is 3.49. The van der Waals surface area contributed by atoms with Crippen LogP contribution in [0.5, 0.6) is 0 Å². The highest BCUT2D eigenvalue weighted by atomic mass is 35.5. The van der Waals surface area contributed by atoms with Crippen LogP contribution in [0.2, 0.25) is 5.02 Å². The topological polar surface area (TPSA) is 40.9 Å². The average molecular weight is 290 g/mol. The Morgan fingerprint density at radius 2 is 1.89 bits per heavy atom. The predicted octanol–water partition coefficient (Wildman–Crippen LogP) is 4.10. The van der Waals surface area contributed by atoms with Gasteiger partial charge in [0.1, 0.15) is 0 Å². The molecule has 0 radical (unpaired) electrons. The quantitative estimate of drug-likeness (QED) is 0.850. The van der Waals surface area contributed by atoms with Gasteiger partial charge >= 0.3 is 0 Å². The first kappa shape index (κ1) is 13.8. The summed E-state index contributed by atoms with van der Waals surface area (Å²) >= 11 is 5.92. The number of halogens is 1. The molecule has 2 aromatic rings. The van der Waals surface area contributed by atoms with E-state index in [1.54, 1.807) is 24.3 Å². The monoisotopic (exact) mass is 289 g/mol. The molecule has 0 saturated carbocycles. The molecule has 0 aliphatic rings. The van der Waals surface area contributed by atoms with E-state index in [2.05, 4.69) is 6.07 Å². The molecule has 96 valence electrons. The lowest BCUT2D eigenvalue weighted by Gasteiger charge is -2.14. The molecule has 0 heterocycles. The lowest BCUT2D eigenvalue weighted by molar-refractivity contribution is 0.672. The highest BCUT2D eigenvalue weighted by Crippen LogP contribution is 2.29. The van der Waals surface area contributed by atoms with Gasteiger partial charge in [0.25, 0.3) is 0 Å². The average Bonchev–Trinajstić information content (AvgIpc) is 2.45. The Morgan fingerprint density at radius 3 is 2.53 bits per heavy atom. The Kier molecular flexibility index (Phi) is 4.73. The maximum Gasteiger partial charge on any atom is 0.0773 e. The summed E-state index contributed by atoms with van der Waals surface area (Å²) in [5, 5.41) is 9.16. The van der Waals surface area contributed by atoms with Crippen molar-refractivity contribution in [2.45, 2.75) is 16.6 Å². The van der Waals surface area contributed by atoms with Crippen LogP contribution in [0.1, 0.15) is 17.2 Å². The van der Waals surface area contributed by atoms with E-state index < -0.39 is 10.8 Å². The molecule has 0 amide bonds. The maximum absolute atomic E-state index is 12.6. The number of benzene rings is 2. The van der Waals surface area contributed by atoms with Gasteiger partial charge in [0, 0.05) is 9.92 Å². The second-order valence-corrected chi connectivity index (χ2v) is 6.09. The minimum atomic E-state index is -1.29. The molecule has 4 heteroatoms. The minimum Gasteiger partial charge on any atom is -0.254 e. The molecular weight excluding hydrogens is 278 g/mol. The van der Waals surface area contributed by atoms with E-state index in [9.17, 15) is 4.21 Å². The normalized spacial score (nSPS) is 13.5. The van der Waals surface area contributed by atoms with Crippen molar-refractivity contribution < 1.29 is 4.21 Å². The van der Waals surface area contributed by atoms with Gasteiger partial charge in [0.15, 0.2) is 0 Å². The number of nitrogens with zero attached hydrogens (tertiary/aromatic N) is 1. The summed E-state index contributed by atoms with van der Waals surface area (Å²) in [7, 11) is -1.29. The van der Waals surface area contributed by atoms with E-state index in [0.29, 0.717) is 9.92 Å². The van der Waals surface area contributed by atoms with Gasteiger partial charge in [-0.15, -0.1) is 0 Å². The van der Waals surface area contributed by atoms with Crippen LogP contribution < -0.4 is 0 Å². The lowest BCUT2D eigenvalue weighted by Crippen LogP contribution is -2.06. The molecule has 0 saturated heterocycles. The third-order valence-corrected chi connectivity index (χ3v) is 4.64. The first-order valence-corrected chi connectivity index (χ1v) is 7.39. The first-order chi connectivity index (χ1) is 9.22. The molecule has 0 aliphatic heterocycles. The van der Waals surface area contributed by atoms with Gasteiger partial charge in [-0.3, -0.25) is 4.21 Å². The Balaban J connectivity index is 2.35. The molecule has 0 fully saturated rings. The minimum absolute atomic E-state index is 0.211. The molecule has 2 rings (SSSR count). The van der Waals surface area contributed by atoms with E-state index in [0.717, 1.165) is 5.56 Å². The molecule has 0 spiro atoms. The van der Waals surface area contributed by atoms with E-state index in [1.807, 2.05) is 30.3 Å². The summed E-state index contributed by atoms with van der Waals surface area (Å²) in [6, 6.07) is 18.5. The van der Waals surface area contributed by atoms with E-state index in [4.69, 9.17) is 16.9 Å². The summed E-state index contributed by atoms with van der Waals surface area (Å²) in [5.74, 6) is 0. The number of rotatable bonds is 4. The van der Waals surface area contributed by atoms with E-state index in [-0.39, 0.29) is 11.7 Å².